The van der Waals surface area contributed by atoms with Gasteiger partial charge in [0.15, 0.2) is 0 Å². The molecule has 0 unspecified atom stereocenters. The number of benzene rings is 1. The predicted molar refractivity (Wildman–Crippen MR) is 76.8 cm³/mol. The molecule has 18 heavy (non-hydrogen) atoms. The SMILES string of the molecule is Cc1cccc(NCc2ccc(C(C)C)cc2)n1. The minimum atomic E-state index is 0.588. The molecule has 2 heteroatoms. The first-order valence-electron chi connectivity index (χ1n) is 6.41. The van der Waals surface area contributed by atoms with E-state index in [0.717, 1.165) is 18.1 Å². The van der Waals surface area contributed by atoms with Gasteiger partial charge >= 0.3 is 0 Å². The van der Waals surface area contributed by atoms with E-state index in [0.29, 0.717) is 5.92 Å². The van der Waals surface area contributed by atoms with Crippen LogP contribution in [0.3, 0.4) is 0 Å². The summed E-state index contributed by atoms with van der Waals surface area (Å²) in [6, 6.07) is 14.8. The summed E-state index contributed by atoms with van der Waals surface area (Å²) >= 11 is 0. The topological polar surface area (TPSA) is 24.9 Å². The zero-order valence-corrected chi connectivity index (χ0v) is 11.3. The predicted octanol–water partition coefficient (Wildman–Crippen LogP) is 4.13. The number of rotatable bonds is 4. The minimum absolute atomic E-state index is 0.588. The molecule has 2 rings (SSSR count). The molecule has 0 spiro atoms. The maximum Gasteiger partial charge on any atom is 0.126 e. The van der Waals surface area contributed by atoms with Crippen LogP contribution in [0.1, 0.15) is 36.6 Å². The van der Waals surface area contributed by atoms with Crippen LogP contribution in [0.5, 0.6) is 0 Å². The summed E-state index contributed by atoms with van der Waals surface area (Å²) in [5, 5.41) is 3.34. The van der Waals surface area contributed by atoms with Gasteiger partial charge in [0.05, 0.1) is 0 Å². The average Bonchev–Trinajstić information content (AvgIpc) is 2.37. The smallest absolute Gasteiger partial charge is 0.126 e. The van der Waals surface area contributed by atoms with Crippen LogP contribution in [-0.2, 0) is 6.54 Å². The van der Waals surface area contributed by atoms with E-state index in [1.165, 1.54) is 11.1 Å². The Morgan fingerprint density at radius 3 is 2.39 bits per heavy atom. The van der Waals surface area contributed by atoms with Crippen LogP contribution in [0.25, 0.3) is 0 Å². The van der Waals surface area contributed by atoms with Crippen molar-refractivity contribution in [1.82, 2.24) is 4.98 Å². The van der Waals surface area contributed by atoms with Crippen LogP contribution >= 0.6 is 0 Å². The van der Waals surface area contributed by atoms with Crippen LogP contribution in [0.4, 0.5) is 5.82 Å². The molecule has 1 aromatic carbocycles. The number of aryl methyl sites for hydroxylation is 1. The normalized spacial score (nSPS) is 10.7. The second-order valence-corrected chi connectivity index (χ2v) is 4.91. The lowest BCUT2D eigenvalue weighted by Crippen LogP contribution is -2.02. The molecular formula is C16H20N2. The molecule has 0 aliphatic heterocycles. The molecule has 1 N–H and O–H groups in total. The zero-order chi connectivity index (χ0) is 13.0. The Hall–Kier alpha value is -1.83. The summed E-state index contributed by atoms with van der Waals surface area (Å²) in [6.45, 7) is 7.24. The lowest BCUT2D eigenvalue weighted by Gasteiger charge is -2.09. The largest absolute Gasteiger partial charge is 0.366 e. The number of pyridine rings is 1. The monoisotopic (exact) mass is 240 g/mol. The van der Waals surface area contributed by atoms with E-state index in [4.69, 9.17) is 0 Å². The summed E-state index contributed by atoms with van der Waals surface area (Å²) < 4.78 is 0. The highest BCUT2D eigenvalue weighted by Crippen LogP contribution is 2.15. The number of nitrogens with zero attached hydrogens (tertiary/aromatic N) is 1. The van der Waals surface area contributed by atoms with Crippen molar-refractivity contribution < 1.29 is 0 Å². The first-order chi connectivity index (χ1) is 8.65. The fourth-order valence-corrected chi connectivity index (χ4v) is 1.85. The Morgan fingerprint density at radius 2 is 1.78 bits per heavy atom. The molecule has 0 aliphatic rings. The number of aromatic nitrogens is 1. The van der Waals surface area contributed by atoms with Crippen molar-refractivity contribution in [2.75, 3.05) is 5.32 Å². The highest BCUT2D eigenvalue weighted by atomic mass is 15.0. The summed E-state index contributed by atoms with van der Waals surface area (Å²) in [7, 11) is 0. The maximum atomic E-state index is 4.42. The van der Waals surface area contributed by atoms with Gasteiger partial charge in [0.1, 0.15) is 5.82 Å². The summed E-state index contributed by atoms with van der Waals surface area (Å²) in [6.07, 6.45) is 0. The Morgan fingerprint density at radius 1 is 1.06 bits per heavy atom. The molecule has 2 nitrogen and oxygen atoms in total. The molecule has 94 valence electrons. The van der Waals surface area contributed by atoms with Gasteiger partial charge in [0.2, 0.25) is 0 Å². The average molecular weight is 240 g/mol. The molecule has 0 saturated heterocycles. The van der Waals surface area contributed by atoms with Gasteiger partial charge in [-0.3, -0.25) is 0 Å². The Bertz CT molecular complexity index is 501. The van der Waals surface area contributed by atoms with Crippen molar-refractivity contribution in [3.05, 3.63) is 59.3 Å². The second-order valence-electron chi connectivity index (χ2n) is 4.91. The zero-order valence-electron chi connectivity index (χ0n) is 11.3. The van der Waals surface area contributed by atoms with Crippen LogP contribution in [0.2, 0.25) is 0 Å². The number of hydrogen-bond donors (Lipinski definition) is 1. The highest BCUT2D eigenvalue weighted by molar-refractivity contribution is 5.36. The summed E-state index contributed by atoms with van der Waals surface area (Å²) in [5.41, 5.74) is 3.70. The first-order valence-corrected chi connectivity index (χ1v) is 6.41. The number of anilines is 1. The molecule has 2 aromatic rings. The fraction of sp³-hybridized carbons (Fsp3) is 0.312. The molecule has 1 heterocycles. The van der Waals surface area contributed by atoms with Crippen LogP contribution in [0.15, 0.2) is 42.5 Å². The fourth-order valence-electron chi connectivity index (χ4n) is 1.85. The molecule has 0 atom stereocenters. The maximum absolute atomic E-state index is 4.42. The van der Waals surface area contributed by atoms with Crippen LogP contribution < -0.4 is 5.32 Å². The van der Waals surface area contributed by atoms with Gasteiger partial charge in [0, 0.05) is 12.2 Å². The molecule has 0 aliphatic carbocycles. The third-order valence-corrected chi connectivity index (χ3v) is 3.01. The van der Waals surface area contributed by atoms with Gasteiger partial charge in [-0.1, -0.05) is 44.2 Å². The van der Waals surface area contributed by atoms with E-state index in [-0.39, 0.29) is 0 Å². The lowest BCUT2D eigenvalue weighted by molar-refractivity contribution is 0.865. The Kier molecular flexibility index (Phi) is 3.98. The van der Waals surface area contributed by atoms with Gasteiger partial charge in [-0.2, -0.15) is 0 Å². The summed E-state index contributed by atoms with van der Waals surface area (Å²) in [5.74, 6) is 1.52. The van der Waals surface area contributed by atoms with Crippen molar-refractivity contribution in [2.45, 2.75) is 33.2 Å². The van der Waals surface area contributed by atoms with Gasteiger partial charge in [-0.25, -0.2) is 4.98 Å². The van der Waals surface area contributed by atoms with E-state index >= 15 is 0 Å². The van der Waals surface area contributed by atoms with E-state index in [2.05, 4.69) is 48.4 Å². The lowest BCUT2D eigenvalue weighted by atomic mass is 10.0. The van der Waals surface area contributed by atoms with Gasteiger partial charge in [-0.05, 0) is 36.1 Å². The third-order valence-electron chi connectivity index (χ3n) is 3.01. The van der Waals surface area contributed by atoms with Crippen molar-refractivity contribution in [2.24, 2.45) is 0 Å². The van der Waals surface area contributed by atoms with Crippen molar-refractivity contribution in [1.29, 1.82) is 0 Å². The van der Waals surface area contributed by atoms with Crippen molar-refractivity contribution in [3.63, 3.8) is 0 Å². The second kappa shape index (κ2) is 5.67. The molecule has 1 aromatic heterocycles. The highest BCUT2D eigenvalue weighted by Gasteiger charge is 1.99. The van der Waals surface area contributed by atoms with Gasteiger partial charge in [0.25, 0.3) is 0 Å². The first kappa shape index (κ1) is 12.6. The van der Waals surface area contributed by atoms with Crippen molar-refractivity contribution >= 4 is 5.82 Å². The Labute approximate surface area is 109 Å². The Balaban J connectivity index is 1.98. The molecule has 0 fully saturated rings. The third kappa shape index (κ3) is 3.33. The molecule has 0 bridgehead atoms. The standard InChI is InChI=1S/C16H20N2/c1-12(2)15-9-7-14(8-10-15)11-17-16-6-4-5-13(3)18-16/h4-10,12H,11H2,1-3H3,(H,17,18). The van der Waals surface area contributed by atoms with E-state index in [1.54, 1.807) is 0 Å². The molecular weight excluding hydrogens is 220 g/mol. The number of nitrogens with one attached hydrogen (secondary N) is 1. The van der Waals surface area contributed by atoms with Crippen LogP contribution in [-0.4, -0.2) is 4.98 Å². The van der Waals surface area contributed by atoms with Crippen LogP contribution in [0, 0.1) is 6.92 Å². The van der Waals surface area contributed by atoms with Crippen molar-refractivity contribution in [3.8, 4) is 0 Å². The molecule has 0 saturated carbocycles. The van der Waals surface area contributed by atoms with E-state index < -0.39 is 0 Å². The van der Waals surface area contributed by atoms with E-state index in [1.807, 2.05) is 25.1 Å². The van der Waals surface area contributed by atoms with Gasteiger partial charge in [-0.15, -0.1) is 0 Å². The minimum Gasteiger partial charge on any atom is -0.366 e. The molecule has 0 amide bonds. The van der Waals surface area contributed by atoms with Gasteiger partial charge < -0.3 is 5.32 Å². The van der Waals surface area contributed by atoms with E-state index in [9.17, 15) is 0 Å². The molecule has 0 radical (unpaired) electrons. The quantitative estimate of drug-likeness (QED) is 0.869. The number of hydrogen-bond acceptors (Lipinski definition) is 2. The summed E-state index contributed by atoms with van der Waals surface area (Å²) in [4.78, 5) is 4.42.